The molecule has 0 unspecified atom stereocenters. The predicted molar refractivity (Wildman–Crippen MR) is 68.0 cm³/mol. The molecule has 4 N–H and O–H groups in total. The van der Waals surface area contributed by atoms with E-state index in [0.29, 0.717) is 0 Å². The molecule has 0 aromatic carbocycles. The second-order valence-electron chi connectivity index (χ2n) is 3.49. The Hall–Kier alpha value is -2.65. The van der Waals surface area contributed by atoms with Gasteiger partial charge < -0.3 is 20.2 Å². The normalized spacial score (nSPS) is 8.76. The van der Waals surface area contributed by atoms with Gasteiger partial charge in [0.25, 0.3) is 0 Å². The molecule has 2 heterocycles. The quantitative estimate of drug-likeness (QED) is 0.615. The third-order valence-corrected chi connectivity index (χ3v) is 2.04. The van der Waals surface area contributed by atoms with Crippen LogP contribution in [-0.4, -0.2) is 32.1 Å². The Bertz CT molecular complexity index is 673. The molecule has 0 atom stereocenters. The number of aromatic carboxylic acids is 2. The van der Waals surface area contributed by atoms with Crippen LogP contribution in [0, 0.1) is 0 Å². The molecule has 9 heteroatoms. The number of nitrogens with one attached hydrogen (secondary N) is 2. The zero-order chi connectivity index (χ0) is 15.1. The van der Waals surface area contributed by atoms with Crippen LogP contribution in [0.15, 0.2) is 46.2 Å². The fourth-order valence-corrected chi connectivity index (χ4v) is 1.16. The van der Waals surface area contributed by atoms with Crippen molar-refractivity contribution in [1.29, 1.82) is 0 Å². The summed E-state index contributed by atoms with van der Waals surface area (Å²) < 4.78 is 0. The third-order valence-electron chi connectivity index (χ3n) is 2.04. The average Bonchev–Trinajstić information content (AvgIpc) is 2.39. The Balaban J connectivity index is 0.000000364. The first-order chi connectivity index (χ1) is 9.40. The zero-order valence-corrected chi connectivity index (χ0v) is 11.4. The molecule has 0 fully saturated rings. The minimum Gasteiger partial charge on any atom is -0.478 e. The number of aromatic amines is 2. The van der Waals surface area contributed by atoms with E-state index >= 15 is 0 Å². The summed E-state index contributed by atoms with van der Waals surface area (Å²) in [5.41, 5.74) is -0.799. The molecule has 0 saturated carbocycles. The molecule has 0 spiro atoms. The number of pyridine rings is 2. The van der Waals surface area contributed by atoms with Crippen LogP contribution in [0.2, 0.25) is 0 Å². The molecule has 0 amide bonds. The summed E-state index contributed by atoms with van der Waals surface area (Å²) in [5, 5.41) is 16.7. The van der Waals surface area contributed by atoms with Gasteiger partial charge in [-0.25, -0.2) is 9.59 Å². The summed E-state index contributed by atoms with van der Waals surface area (Å²) in [6.45, 7) is 0. The maximum absolute atomic E-state index is 10.5. The van der Waals surface area contributed by atoms with Crippen molar-refractivity contribution in [2.24, 2.45) is 0 Å². The van der Waals surface area contributed by atoms with E-state index in [-0.39, 0.29) is 27.9 Å². The van der Waals surface area contributed by atoms with Crippen LogP contribution in [0.5, 0.6) is 0 Å². The van der Waals surface area contributed by atoms with Crippen molar-refractivity contribution in [2.75, 3.05) is 0 Å². The first kappa shape index (κ1) is 18.3. The minimum atomic E-state index is -1.09. The number of rotatable bonds is 2. The molecule has 8 nitrogen and oxygen atoms in total. The van der Waals surface area contributed by atoms with E-state index in [2.05, 4.69) is 9.97 Å². The van der Waals surface area contributed by atoms with Gasteiger partial charge >= 0.3 is 11.9 Å². The molecule has 0 saturated heterocycles. The number of carbonyl (C=O) groups is 2. The first-order valence-electron chi connectivity index (χ1n) is 5.24. The van der Waals surface area contributed by atoms with E-state index in [9.17, 15) is 19.2 Å². The molecule has 21 heavy (non-hydrogen) atoms. The summed E-state index contributed by atoms with van der Waals surface area (Å²) >= 11 is 0. The van der Waals surface area contributed by atoms with Crippen LogP contribution < -0.4 is 11.1 Å². The monoisotopic (exact) mass is 337 g/mol. The maximum Gasteiger partial charge on any atom is 0.335 e. The maximum atomic E-state index is 10.5. The first-order valence-corrected chi connectivity index (χ1v) is 5.24. The van der Waals surface area contributed by atoms with Crippen LogP contribution in [-0.2, 0) is 16.8 Å². The zero-order valence-electron chi connectivity index (χ0n) is 10.3. The Morgan fingerprint density at radius 3 is 1.33 bits per heavy atom. The van der Waals surface area contributed by atoms with Crippen molar-refractivity contribution >= 4 is 11.9 Å². The Labute approximate surface area is 127 Å². The Kier molecular flexibility index (Phi) is 7.43. The van der Waals surface area contributed by atoms with Crippen LogP contribution in [0.3, 0.4) is 0 Å². The molecule has 1 radical (unpaired) electrons. The molecule has 0 aliphatic carbocycles. The number of carboxylic acids is 2. The molecule has 2 aromatic rings. The number of hydrogen-bond donors (Lipinski definition) is 4. The van der Waals surface area contributed by atoms with Crippen molar-refractivity contribution in [2.45, 2.75) is 0 Å². The SMILES string of the molecule is O=C(O)c1cc[nH]c(=O)c1.O=C(O)c1cc[nH]c(=O)c1.[Co]. The minimum absolute atomic E-state index is 0. The van der Waals surface area contributed by atoms with Gasteiger partial charge in [-0.3, -0.25) is 9.59 Å². The largest absolute Gasteiger partial charge is 0.478 e. The van der Waals surface area contributed by atoms with Crippen LogP contribution in [0.1, 0.15) is 20.7 Å². The molecule has 2 aromatic heterocycles. The number of aromatic nitrogens is 2. The fraction of sp³-hybridized carbons (Fsp3) is 0. The summed E-state index contributed by atoms with van der Waals surface area (Å²) in [6.07, 6.45) is 2.59. The summed E-state index contributed by atoms with van der Waals surface area (Å²) in [5.74, 6) is -2.18. The molecule has 0 bridgehead atoms. The van der Waals surface area contributed by atoms with Crippen molar-refractivity contribution in [3.05, 3.63) is 68.5 Å². The number of carboxylic acid groups (broad SMARTS) is 2. The van der Waals surface area contributed by atoms with Gasteiger partial charge in [0.1, 0.15) is 0 Å². The number of H-pyrrole nitrogens is 2. The van der Waals surface area contributed by atoms with Crippen molar-refractivity contribution in [3.8, 4) is 0 Å². The average molecular weight is 337 g/mol. The van der Waals surface area contributed by atoms with Gasteiger partial charge in [0.15, 0.2) is 0 Å². The van der Waals surface area contributed by atoms with E-state index in [0.717, 1.165) is 12.1 Å². The van der Waals surface area contributed by atoms with Crippen molar-refractivity contribution < 1.29 is 36.6 Å². The predicted octanol–water partition coefficient (Wildman–Crippen LogP) is 0.144. The Morgan fingerprint density at radius 1 is 0.810 bits per heavy atom. The van der Waals surface area contributed by atoms with Gasteiger partial charge in [0.05, 0.1) is 11.1 Å². The van der Waals surface area contributed by atoms with Gasteiger partial charge in [-0.1, -0.05) is 0 Å². The van der Waals surface area contributed by atoms with Gasteiger partial charge in [-0.05, 0) is 12.1 Å². The van der Waals surface area contributed by atoms with Crippen molar-refractivity contribution in [1.82, 2.24) is 9.97 Å². The molecule has 0 aliphatic rings. The molecule has 113 valence electrons. The summed E-state index contributed by atoms with van der Waals surface area (Å²) in [4.78, 5) is 46.0. The summed E-state index contributed by atoms with van der Waals surface area (Å²) in [7, 11) is 0. The van der Waals surface area contributed by atoms with Gasteiger partial charge in [0, 0.05) is 41.3 Å². The van der Waals surface area contributed by atoms with E-state index in [4.69, 9.17) is 10.2 Å². The van der Waals surface area contributed by atoms with Gasteiger partial charge in [0.2, 0.25) is 11.1 Å². The van der Waals surface area contributed by atoms with E-state index < -0.39 is 23.1 Å². The molecular weight excluding hydrogens is 327 g/mol. The second kappa shape index (κ2) is 8.50. The standard InChI is InChI=1S/2C6H5NO3.Co/c2*8-5-3-4(6(9)10)1-2-7-5;/h2*1-3H,(H,7,8)(H,9,10);. The van der Waals surface area contributed by atoms with Crippen molar-refractivity contribution in [3.63, 3.8) is 0 Å². The Morgan fingerprint density at radius 2 is 1.14 bits per heavy atom. The fourth-order valence-electron chi connectivity index (χ4n) is 1.16. The van der Waals surface area contributed by atoms with Crippen LogP contribution >= 0.6 is 0 Å². The summed E-state index contributed by atoms with van der Waals surface area (Å²) in [6, 6.07) is 4.71. The second-order valence-corrected chi connectivity index (χ2v) is 3.49. The topological polar surface area (TPSA) is 140 Å². The van der Waals surface area contributed by atoms with Gasteiger partial charge in [-0.2, -0.15) is 0 Å². The number of hydrogen-bond acceptors (Lipinski definition) is 4. The van der Waals surface area contributed by atoms with Crippen LogP contribution in [0.25, 0.3) is 0 Å². The van der Waals surface area contributed by atoms with E-state index in [1.54, 1.807) is 0 Å². The van der Waals surface area contributed by atoms with E-state index in [1.165, 1.54) is 24.5 Å². The molecule has 0 aliphatic heterocycles. The smallest absolute Gasteiger partial charge is 0.335 e. The molecule has 2 rings (SSSR count). The molecular formula is C12H10CoN2O6. The third kappa shape index (κ3) is 6.36. The van der Waals surface area contributed by atoms with Crippen LogP contribution in [0.4, 0.5) is 0 Å². The van der Waals surface area contributed by atoms with E-state index in [1.807, 2.05) is 0 Å². The van der Waals surface area contributed by atoms with Gasteiger partial charge in [-0.15, -0.1) is 0 Å².